The molecule has 2 heterocycles. The lowest BCUT2D eigenvalue weighted by Gasteiger charge is -2.36. The highest BCUT2D eigenvalue weighted by Gasteiger charge is 2.24. The number of hydrogen-bond donors (Lipinski definition) is 1. The van der Waals surface area contributed by atoms with E-state index in [1.165, 1.54) is 6.33 Å². The molecule has 1 aromatic heterocycles. The van der Waals surface area contributed by atoms with Crippen molar-refractivity contribution in [1.29, 1.82) is 0 Å². The first kappa shape index (κ1) is 14.5. The van der Waals surface area contributed by atoms with E-state index >= 15 is 0 Å². The molecule has 0 aromatic carbocycles. The molecule has 1 aliphatic heterocycles. The Morgan fingerprint density at radius 1 is 1.42 bits per heavy atom. The first-order valence-electron chi connectivity index (χ1n) is 6.96. The van der Waals surface area contributed by atoms with Crippen LogP contribution < -0.4 is 5.32 Å². The highest BCUT2D eigenvalue weighted by Crippen LogP contribution is 2.29. The summed E-state index contributed by atoms with van der Waals surface area (Å²) in [6.45, 7) is 7.62. The van der Waals surface area contributed by atoms with Crippen LogP contribution in [0.15, 0.2) is 6.33 Å². The van der Waals surface area contributed by atoms with E-state index < -0.39 is 0 Å². The number of hydrogen-bond acceptors (Lipinski definition) is 4. The zero-order chi connectivity index (χ0) is 14.0. The molecule has 1 aliphatic rings. The van der Waals surface area contributed by atoms with Crippen LogP contribution in [0, 0.1) is 0 Å². The largest absolute Gasteiger partial charge is 0.367 e. The van der Waals surface area contributed by atoms with Crippen molar-refractivity contribution in [3.05, 3.63) is 17.0 Å². The smallest absolute Gasteiger partial charge is 0.138 e. The Morgan fingerprint density at radius 3 is 2.79 bits per heavy atom. The first-order valence-corrected chi connectivity index (χ1v) is 7.34. The van der Waals surface area contributed by atoms with Crippen molar-refractivity contribution < 1.29 is 0 Å². The highest BCUT2D eigenvalue weighted by molar-refractivity contribution is 6.30. The standard InChI is InChI=1S/C14H23ClN4/c1-9(2)12-13(15)16-8-17-14(12)18-11-5-6-19(4)10(3)7-11/h8-11H,5-7H2,1-4H3,(H,16,17,18). The number of halogens is 1. The third kappa shape index (κ3) is 3.37. The molecule has 2 rings (SSSR count). The number of nitrogens with zero attached hydrogens (tertiary/aromatic N) is 3. The molecule has 1 N–H and O–H groups in total. The zero-order valence-electron chi connectivity index (χ0n) is 12.2. The van der Waals surface area contributed by atoms with Crippen molar-refractivity contribution in [3.8, 4) is 0 Å². The van der Waals surface area contributed by atoms with Gasteiger partial charge in [-0.3, -0.25) is 0 Å². The van der Waals surface area contributed by atoms with Crippen LogP contribution in [0.5, 0.6) is 0 Å². The zero-order valence-corrected chi connectivity index (χ0v) is 12.9. The number of piperidine rings is 1. The van der Waals surface area contributed by atoms with Crippen molar-refractivity contribution >= 4 is 17.4 Å². The lowest BCUT2D eigenvalue weighted by Crippen LogP contribution is -2.42. The molecule has 19 heavy (non-hydrogen) atoms. The second kappa shape index (κ2) is 6.06. The molecule has 5 heteroatoms. The van der Waals surface area contributed by atoms with Crippen LogP contribution in [0.25, 0.3) is 0 Å². The molecule has 0 aliphatic carbocycles. The summed E-state index contributed by atoms with van der Waals surface area (Å²) in [5.41, 5.74) is 1.02. The van der Waals surface area contributed by atoms with Crippen molar-refractivity contribution in [1.82, 2.24) is 14.9 Å². The molecule has 1 saturated heterocycles. The van der Waals surface area contributed by atoms with Crippen molar-refractivity contribution in [2.45, 2.75) is 51.6 Å². The molecule has 0 amide bonds. The first-order chi connectivity index (χ1) is 8.99. The van der Waals surface area contributed by atoms with Gasteiger partial charge in [-0.1, -0.05) is 25.4 Å². The number of likely N-dealkylation sites (tertiary alicyclic amines) is 1. The Balaban J connectivity index is 2.13. The Kier molecular flexibility index (Phi) is 4.63. The quantitative estimate of drug-likeness (QED) is 0.865. The van der Waals surface area contributed by atoms with Crippen LogP contribution in [0.3, 0.4) is 0 Å². The summed E-state index contributed by atoms with van der Waals surface area (Å²) in [6, 6.07) is 1.07. The fourth-order valence-electron chi connectivity index (χ4n) is 2.61. The third-order valence-corrected chi connectivity index (χ3v) is 4.26. The molecule has 1 aromatic rings. The van der Waals surface area contributed by atoms with Gasteiger partial charge in [-0.05, 0) is 32.7 Å². The second-order valence-corrected chi connectivity index (χ2v) is 6.13. The van der Waals surface area contributed by atoms with Gasteiger partial charge in [0.05, 0.1) is 0 Å². The van der Waals surface area contributed by atoms with E-state index in [-0.39, 0.29) is 0 Å². The van der Waals surface area contributed by atoms with Gasteiger partial charge >= 0.3 is 0 Å². The minimum atomic E-state index is 0.319. The van der Waals surface area contributed by atoms with E-state index in [1.807, 2.05) is 0 Å². The normalized spacial score (nSPS) is 24.7. The van der Waals surface area contributed by atoms with E-state index in [0.29, 0.717) is 23.2 Å². The molecule has 2 unspecified atom stereocenters. The fraction of sp³-hybridized carbons (Fsp3) is 0.714. The van der Waals surface area contributed by atoms with Crippen LogP contribution in [0.4, 0.5) is 5.82 Å². The van der Waals surface area contributed by atoms with Gasteiger partial charge in [0.2, 0.25) is 0 Å². The maximum absolute atomic E-state index is 6.19. The molecule has 0 bridgehead atoms. The molecule has 106 valence electrons. The van der Waals surface area contributed by atoms with Crippen molar-refractivity contribution in [3.63, 3.8) is 0 Å². The van der Waals surface area contributed by atoms with E-state index in [4.69, 9.17) is 11.6 Å². The van der Waals surface area contributed by atoms with Gasteiger partial charge in [0, 0.05) is 24.2 Å². The summed E-state index contributed by atoms with van der Waals surface area (Å²) in [4.78, 5) is 10.9. The van der Waals surface area contributed by atoms with E-state index in [2.05, 4.69) is 48.0 Å². The van der Waals surface area contributed by atoms with Crippen molar-refractivity contribution in [2.75, 3.05) is 18.9 Å². The van der Waals surface area contributed by atoms with Crippen LogP contribution >= 0.6 is 11.6 Å². The Hall–Kier alpha value is -0.870. The summed E-state index contributed by atoms with van der Waals surface area (Å²) in [7, 11) is 2.18. The molecule has 0 radical (unpaired) electrons. The average molecular weight is 283 g/mol. The van der Waals surface area contributed by atoms with Crippen LogP contribution in [-0.4, -0.2) is 40.5 Å². The average Bonchev–Trinajstić information content (AvgIpc) is 2.33. The number of aromatic nitrogens is 2. The minimum Gasteiger partial charge on any atom is -0.367 e. The van der Waals surface area contributed by atoms with Gasteiger partial charge in [0.25, 0.3) is 0 Å². The summed E-state index contributed by atoms with van der Waals surface area (Å²) < 4.78 is 0. The second-order valence-electron chi connectivity index (χ2n) is 5.78. The topological polar surface area (TPSA) is 41.1 Å². The van der Waals surface area contributed by atoms with Gasteiger partial charge in [-0.2, -0.15) is 0 Å². The minimum absolute atomic E-state index is 0.319. The highest BCUT2D eigenvalue weighted by atomic mass is 35.5. The summed E-state index contributed by atoms with van der Waals surface area (Å²) in [5, 5.41) is 4.12. The maximum Gasteiger partial charge on any atom is 0.138 e. The van der Waals surface area contributed by atoms with Gasteiger partial charge in [0.1, 0.15) is 17.3 Å². The Morgan fingerprint density at radius 2 is 2.16 bits per heavy atom. The van der Waals surface area contributed by atoms with Gasteiger partial charge in [0.15, 0.2) is 0 Å². The lowest BCUT2D eigenvalue weighted by molar-refractivity contribution is 0.190. The maximum atomic E-state index is 6.19. The van der Waals surface area contributed by atoms with E-state index in [9.17, 15) is 0 Å². The van der Waals surface area contributed by atoms with Gasteiger partial charge < -0.3 is 10.2 Å². The van der Waals surface area contributed by atoms with Crippen molar-refractivity contribution in [2.24, 2.45) is 0 Å². The lowest BCUT2D eigenvalue weighted by atomic mass is 9.98. The van der Waals surface area contributed by atoms with Crippen LogP contribution in [0.1, 0.15) is 45.1 Å². The van der Waals surface area contributed by atoms with Gasteiger partial charge in [-0.15, -0.1) is 0 Å². The predicted octanol–water partition coefficient (Wildman–Crippen LogP) is 3.15. The predicted molar refractivity (Wildman–Crippen MR) is 79.9 cm³/mol. The number of nitrogens with one attached hydrogen (secondary N) is 1. The van der Waals surface area contributed by atoms with E-state index in [1.54, 1.807) is 0 Å². The SMILES string of the molecule is CC(C)c1c(Cl)ncnc1NC1CCN(C)C(C)C1. The Bertz CT molecular complexity index is 435. The molecular formula is C14H23ClN4. The number of anilines is 1. The summed E-state index contributed by atoms with van der Waals surface area (Å²) >= 11 is 6.19. The molecule has 0 saturated carbocycles. The molecule has 4 nitrogen and oxygen atoms in total. The molecular weight excluding hydrogens is 260 g/mol. The summed E-state index contributed by atoms with van der Waals surface area (Å²) in [5.74, 6) is 1.22. The summed E-state index contributed by atoms with van der Waals surface area (Å²) in [6.07, 6.45) is 3.81. The van der Waals surface area contributed by atoms with Crippen LogP contribution in [-0.2, 0) is 0 Å². The number of rotatable bonds is 3. The fourth-order valence-corrected chi connectivity index (χ4v) is 2.97. The molecule has 1 fully saturated rings. The third-order valence-electron chi connectivity index (χ3n) is 3.96. The molecule has 2 atom stereocenters. The molecule has 0 spiro atoms. The van der Waals surface area contributed by atoms with E-state index in [0.717, 1.165) is 30.8 Å². The monoisotopic (exact) mass is 282 g/mol. The Labute approximate surface area is 120 Å². The van der Waals surface area contributed by atoms with Crippen LogP contribution in [0.2, 0.25) is 5.15 Å². The van der Waals surface area contributed by atoms with Gasteiger partial charge in [-0.25, -0.2) is 9.97 Å².